The van der Waals surface area contributed by atoms with Gasteiger partial charge in [0, 0.05) is 10.8 Å². The summed E-state index contributed by atoms with van der Waals surface area (Å²) in [6, 6.07) is 7.30. The van der Waals surface area contributed by atoms with Crippen LogP contribution in [0, 0.1) is 5.41 Å². The van der Waals surface area contributed by atoms with Crippen LogP contribution in [0.15, 0.2) is 24.3 Å². The Morgan fingerprint density at radius 3 is 2.88 bits per heavy atom. The third-order valence-corrected chi connectivity index (χ3v) is 2.65. The molecule has 16 heavy (non-hydrogen) atoms. The number of benzene rings is 1. The Hall–Kier alpha value is -0.390. The number of rotatable bonds is 5. The lowest BCUT2D eigenvalue weighted by molar-refractivity contribution is 0.319. The molecule has 1 aromatic carbocycles. The lowest BCUT2D eigenvalue weighted by atomic mass is 10.3. The van der Waals surface area contributed by atoms with Crippen LogP contribution < -0.4 is 10.5 Å². The summed E-state index contributed by atoms with van der Waals surface area (Å²) in [5.74, 6) is 1.57. The summed E-state index contributed by atoms with van der Waals surface area (Å²) in [7, 11) is 0. The lowest BCUT2D eigenvalue weighted by Gasteiger charge is -2.05. The number of hydrogen-bond donors (Lipinski definition) is 2. The Labute approximate surface area is 115 Å². The van der Waals surface area contributed by atoms with Crippen molar-refractivity contribution < 1.29 is 4.74 Å². The van der Waals surface area contributed by atoms with Crippen LogP contribution in [0.2, 0.25) is 5.02 Å². The minimum absolute atomic E-state index is 0. The second-order valence-electron chi connectivity index (χ2n) is 2.87. The monoisotopic (exact) mass is 324 g/mol. The summed E-state index contributed by atoms with van der Waals surface area (Å²) >= 11 is 7.12. The minimum Gasteiger partial charge on any atom is -0.494 e. The fourth-order valence-electron chi connectivity index (χ4n) is 0.988. The summed E-state index contributed by atoms with van der Waals surface area (Å²) in [6.45, 7) is 0.612. The van der Waals surface area contributed by atoms with Gasteiger partial charge in [0.15, 0.2) is 5.17 Å². The van der Waals surface area contributed by atoms with Gasteiger partial charge in [0.2, 0.25) is 0 Å². The van der Waals surface area contributed by atoms with Gasteiger partial charge in [0.05, 0.1) is 6.61 Å². The highest BCUT2D eigenvalue weighted by molar-refractivity contribution is 8.93. The number of thioether (sulfide) groups is 1. The standard InChI is InChI=1S/C10H13ClN2OS.BrH/c11-8-3-1-4-9(7-8)14-5-2-6-15-10(12)13;/h1,3-4,7H,2,5-6H2,(H3,12,13);1H. The molecule has 0 saturated heterocycles. The van der Waals surface area contributed by atoms with E-state index >= 15 is 0 Å². The summed E-state index contributed by atoms with van der Waals surface area (Å²) in [5.41, 5.74) is 5.19. The first-order valence-electron chi connectivity index (χ1n) is 4.53. The number of nitrogens with two attached hydrogens (primary N) is 1. The molecule has 0 saturated carbocycles. The third kappa shape index (κ3) is 6.98. The Morgan fingerprint density at radius 2 is 2.25 bits per heavy atom. The van der Waals surface area contributed by atoms with E-state index in [1.165, 1.54) is 11.8 Å². The number of amidine groups is 1. The predicted molar refractivity (Wildman–Crippen MR) is 76.3 cm³/mol. The molecule has 90 valence electrons. The topological polar surface area (TPSA) is 59.1 Å². The van der Waals surface area contributed by atoms with Crippen LogP contribution in [0.25, 0.3) is 0 Å². The highest BCUT2D eigenvalue weighted by Crippen LogP contribution is 2.17. The van der Waals surface area contributed by atoms with Crippen molar-refractivity contribution >= 4 is 45.5 Å². The molecule has 0 fully saturated rings. The van der Waals surface area contributed by atoms with E-state index in [4.69, 9.17) is 27.5 Å². The first-order chi connectivity index (χ1) is 7.18. The van der Waals surface area contributed by atoms with Gasteiger partial charge in [-0.25, -0.2) is 0 Å². The highest BCUT2D eigenvalue weighted by Gasteiger charge is 1.95. The van der Waals surface area contributed by atoms with Crippen molar-refractivity contribution in [2.24, 2.45) is 5.73 Å². The molecular formula is C10H14BrClN2OS. The minimum atomic E-state index is 0. The average Bonchev–Trinajstić information content (AvgIpc) is 2.17. The van der Waals surface area contributed by atoms with Gasteiger partial charge in [-0.05, 0) is 24.6 Å². The van der Waals surface area contributed by atoms with Crippen molar-refractivity contribution in [3.05, 3.63) is 29.3 Å². The first kappa shape index (κ1) is 15.6. The fraction of sp³-hybridized carbons (Fsp3) is 0.300. The third-order valence-electron chi connectivity index (χ3n) is 1.61. The van der Waals surface area contributed by atoms with E-state index in [2.05, 4.69) is 0 Å². The van der Waals surface area contributed by atoms with Gasteiger partial charge in [0.25, 0.3) is 0 Å². The molecule has 0 atom stereocenters. The smallest absolute Gasteiger partial charge is 0.151 e. The van der Waals surface area contributed by atoms with Crippen molar-refractivity contribution in [2.45, 2.75) is 6.42 Å². The zero-order valence-corrected chi connectivity index (χ0v) is 11.9. The molecule has 1 aromatic rings. The van der Waals surface area contributed by atoms with Gasteiger partial charge in [-0.1, -0.05) is 29.4 Å². The molecule has 3 N–H and O–H groups in total. The van der Waals surface area contributed by atoms with Crippen LogP contribution in [-0.4, -0.2) is 17.5 Å². The fourth-order valence-corrected chi connectivity index (χ4v) is 1.65. The van der Waals surface area contributed by atoms with Crippen molar-refractivity contribution in [1.82, 2.24) is 0 Å². The zero-order chi connectivity index (χ0) is 11.1. The lowest BCUT2D eigenvalue weighted by Crippen LogP contribution is -2.06. The van der Waals surface area contributed by atoms with E-state index in [0.717, 1.165) is 17.9 Å². The molecule has 3 nitrogen and oxygen atoms in total. The molecule has 0 unspecified atom stereocenters. The van der Waals surface area contributed by atoms with E-state index < -0.39 is 0 Å². The second-order valence-corrected chi connectivity index (χ2v) is 4.45. The van der Waals surface area contributed by atoms with Crippen LogP contribution in [0.4, 0.5) is 0 Å². The van der Waals surface area contributed by atoms with Gasteiger partial charge in [-0.3, -0.25) is 5.41 Å². The number of nitrogens with one attached hydrogen (secondary N) is 1. The molecule has 6 heteroatoms. The largest absolute Gasteiger partial charge is 0.494 e. The van der Waals surface area contributed by atoms with Gasteiger partial charge in [0.1, 0.15) is 5.75 Å². The number of ether oxygens (including phenoxy) is 1. The second kappa shape index (κ2) is 8.73. The molecule has 0 spiro atoms. The molecule has 0 aromatic heterocycles. The molecule has 0 aliphatic rings. The summed E-state index contributed by atoms with van der Waals surface area (Å²) < 4.78 is 5.46. The predicted octanol–water partition coefficient (Wildman–Crippen LogP) is 3.31. The molecule has 0 aliphatic carbocycles. The maximum atomic E-state index is 7.00. The SMILES string of the molecule is Br.N=C(N)SCCCOc1cccc(Cl)c1. The van der Waals surface area contributed by atoms with E-state index in [1.54, 1.807) is 12.1 Å². The maximum Gasteiger partial charge on any atom is 0.151 e. The van der Waals surface area contributed by atoms with E-state index in [-0.39, 0.29) is 22.1 Å². The summed E-state index contributed by atoms with van der Waals surface area (Å²) in [5, 5.41) is 7.83. The molecule has 1 rings (SSSR count). The van der Waals surface area contributed by atoms with Crippen LogP contribution >= 0.6 is 40.3 Å². The Bertz CT molecular complexity index is 338. The number of hydrogen-bond acceptors (Lipinski definition) is 3. The zero-order valence-electron chi connectivity index (χ0n) is 8.61. The number of halogens is 2. The van der Waals surface area contributed by atoms with Gasteiger partial charge in [-0.15, -0.1) is 17.0 Å². The van der Waals surface area contributed by atoms with Gasteiger partial charge >= 0.3 is 0 Å². The van der Waals surface area contributed by atoms with Crippen LogP contribution in [0.1, 0.15) is 6.42 Å². The van der Waals surface area contributed by atoms with Crippen molar-refractivity contribution in [3.8, 4) is 5.75 Å². The van der Waals surface area contributed by atoms with Crippen LogP contribution in [-0.2, 0) is 0 Å². The molecule has 0 radical (unpaired) electrons. The van der Waals surface area contributed by atoms with Crippen molar-refractivity contribution in [2.75, 3.05) is 12.4 Å². The first-order valence-corrected chi connectivity index (χ1v) is 5.90. The molecule has 0 aliphatic heterocycles. The van der Waals surface area contributed by atoms with Crippen molar-refractivity contribution in [1.29, 1.82) is 5.41 Å². The summed E-state index contributed by atoms with van der Waals surface area (Å²) in [4.78, 5) is 0. The molecule has 0 heterocycles. The van der Waals surface area contributed by atoms with Gasteiger partial charge in [-0.2, -0.15) is 0 Å². The normalized spacial score (nSPS) is 9.31. The van der Waals surface area contributed by atoms with Crippen molar-refractivity contribution in [3.63, 3.8) is 0 Å². The van der Waals surface area contributed by atoms with E-state index in [9.17, 15) is 0 Å². The maximum absolute atomic E-state index is 7.00. The molecular weight excluding hydrogens is 312 g/mol. The Balaban J connectivity index is 0.00000225. The average molecular weight is 326 g/mol. The Morgan fingerprint density at radius 1 is 1.50 bits per heavy atom. The van der Waals surface area contributed by atoms with Gasteiger partial charge < -0.3 is 10.5 Å². The van der Waals surface area contributed by atoms with Crippen LogP contribution in [0.3, 0.4) is 0 Å². The van der Waals surface area contributed by atoms with Crippen LogP contribution in [0.5, 0.6) is 5.75 Å². The summed E-state index contributed by atoms with van der Waals surface area (Å²) in [6.07, 6.45) is 0.858. The van der Waals surface area contributed by atoms with E-state index in [0.29, 0.717) is 11.6 Å². The molecule has 0 bridgehead atoms. The highest BCUT2D eigenvalue weighted by atomic mass is 79.9. The van der Waals surface area contributed by atoms with E-state index in [1.807, 2.05) is 12.1 Å². The quantitative estimate of drug-likeness (QED) is 0.496. The molecule has 0 amide bonds. The Kier molecular flexibility index (Phi) is 8.51.